The van der Waals surface area contributed by atoms with Crippen LogP contribution in [0.5, 0.6) is 0 Å². The topological polar surface area (TPSA) is 114 Å². The Morgan fingerprint density at radius 3 is 2.75 bits per heavy atom. The number of carbonyl (C=O) groups excluding carboxylic acids is 1. The van der Waals surface area contributed by atoms with Crippen molar-refractivity contribution in [3.05, 3.63) is 27.9 Å². The van der Waals surface area contributed by atoms with Gasteiger partial charge in [-0.3, -0.25) is 4.79 Å². The second-order valence-electron chi connectivity index (χ2n) is 4.87. The molecular weight excluding hydrogens is 284 g/mol. The average Bonchev–Trinajstić information content (AvgIpc) is 2.89. The molecule has 1 fully saturated rings. The van der Waals surface area contributed by atoms with Crippen LogP contribution in [0, 0.1) is 16.0 Å². The number of rotatable bonds is 4. The van der Waals surface area contributed by atoms with E-state index in [4.69, 9.17) is 5.73 Å². The molecule has 2 atom stereocenters. The number of carbonyl (C=O) groups is 1. The van der Waals surface area contributed by atoms with Gasteiger partial charge in [0.1, 0.15) is 0 Å². The molecule has 0 spiro atoms. The van der Waals surface area contributed by atoms with Crippen LogP contribution in [0.3, 0.4) is 0 Å². The summed E-state index contributed by atoms with van der Waals surface area (Å²) in [5, 5.41) is 13.5. The number of nitrogens with two attached hydrogens (primary N) is 1. The molecule has 2 rings (SSSR count). The maximum absolute atomic E-state index is 12.0. The van der Waals surface area contributed by atoms with Gasteiger partial charge in [0.25, 0.3) is 5.91 Å². The van der Waals surface area contributed by atoms with Crippen LogP contribution in [0.25, 0.3) is 0 Å². The van der Waals surface area contributed by atoms with Crippen molar-refractivity contribution in [2.75, 3.05) is 6.54 Å². The third-order valence-electron chi connectivity index (χ3n) is 3.64. The summed E-state index contributed by atoms with van der Waals surface area (Å²) in [5.74, 6) is -0.190. The van der Waals surface area contributed by atoms with Crippen molar-refractivity contribution in [3.8, 4) is 0 Å². The first-order valence-corrected chi connectivity index (χ1v) is 6.46. The van der Waals surface area contributed by atoms with Crippen LogP contribution in [-0.2, 0) is 0 Å². The molecule has 8 heteroatoms. The van der Waals surface area contributed by atoms with E-state index in [1.165, 1.54) is 12.1 Å². The van der Waals surface area contributed by atoms with Crippen LogP contribution in [0.4, 0.5) is 5.82 Å². The van der Waals surface area contributed by atoms with Crippen molar-refractivity contribution in [1.29, 1.82) is 0 Å². The molecule has 1 amide bonds. The third-order valence-corrected chi connectivity index (χ3v) is 3.64. The molecule has 1 aromatic rings. The Bertz CT molecular complexity index is 477. The molecule has 0 saturated heterocycles. The maximum Gasteiger partial charge on any atom is 0.321 e. The van der Waals surface area contributed by atoms with Crippen molar-refractivity contribution in [2.45, 2.75) is 31.7 Å². The van der Waals surface area contributed by atoms with E-state index in [2.05, 4.69) is 10.3 Å². The molecule has 112 valence electrons. The fourth-order valence-electron chi connectivity index (χ4n) is 2.55. The van der Waals surface area contributed by atoms with Gasteiger partial charge in [-0.05, 0) is 36.3 Å². The number of aromatic amines is 1. The first-order chi connectivity index (χ1) is 9.11. The van der Waals surface area contributed by atoms with Gasteiger partial charge in [0, 0.05) is 12.1 Å². The summed E-state index contributed by atoms with van der Waals surface area (Å²) >= 11 is 0. The van der Waals surface area contributed by atoms with E-state index >= 15 is 0 Å². The molecule has 0 bridgehead atoms. The minimum Gasteiger partial charge on any atom is -0.358 e. The van der Waals surface area contributed by atoms with Crippen LogP contribution >= 0.6 is 12.4 Å². The molecule has 2 unspecified atom stereocenters. The summed E-state index contributed by atoms with van der Waals surface area (Å²) in [6, 6.07) is 2.78. The second kappa shape index (κ2) is 7.25. The molecule has 0 aromatic carbocycles. The molecule has 1 saturated carbocycles. The fourth-order valence-corrected chi connectivity index (χ4v) is 2.55. The van der Waals surface area contributed by atoms with E-state index in [9.17, 15) is 14.9 Å². The number of halogens is 1. The summed E-state index contributed by atoms with van der Waals surface area (Å²) in [4.78, 5) is 24.5. The highest BCUT2D eigenvalue weighted by Gasteiger charge is 2.27. The lowest BCUT2D eigenvalue weighted by molar-refractivity contribution is -0.389. The SMILES string of the molecule is Cl.NCC1CCCCC1NC(=O)c1ccc([N+](=O)[O-])[nH]1. The van der Waals surface area contributed by atoms with Gasteiger partial charge in [0.2, 0.25) is 0 Å². The summed E-state index contributed by atoms with van der Waals surface area (Å²) in [5.41, 5.74) is 5.92. The number of H-pyrrole nitrogens is 1. The molecule has 0 aliphatic heterocycles. The molecule has 7 nitrogen and oxygen atoms in total. The van der Waals surface area contributed by atoms with Crippen LogP contribution < -0.4 is 11.1 Å². The summed E-state index contributed by atoms with van der Waals surface area (Å²) in [6.45, 7) is 0.551. The highest BCUT2D eigenvalue weighted by Crippen LogP contribution is 2.23. The van der Waals surface area contributed by atoms with Gasteiger partial charge < -0.3 is 21.2 Å². The number of hydrogen-bond acceptors (Lipinski definition) is 4. The van der Waals surface area contributed by atoms with Crippen LogP contribution in [0.2, 0.25) is 0 Å². The van der Waals surface area contributed by atoms with Crippen molar-refractivity contribution >= 4 is 24.1 Å². The summed E-state index contributed by atoms with van der Waals surface area (Å²) in [7, 11) is 0. The standard InChI is InChI=1S/C12H18N4O3.ClH/c13-7-8-3-1-2-4-9(8)15-12(17)10-5-6-11(14-10)16(18)19;/h5-6,8-9,14H,1-4,7,13H2,(H,15,17);1H. The predicted octanol–water partition coefficient (Wildman–Crippen LogP) is 1.59. The smallest absolute Gasteiger partial charge is 0.321 e. The zero-order valence-corrected chi connectivity index (χ0v) is 11.8. The van der Waals surface area contributed by atoms with Crippen molar-refractivity contribution < 1.29 is 9.72 Å². The first kappa shape index (κ1) is 16.5. The monoisotopic (exact) mass is 302 g/mol. The Hall–Kier alpha value is -1.60. The number of hydrogen-bond donors (Lipinski definition) is 3. The zero-order valence-electron chi connectivity index (χ0n) is 11.0. The van der Waals surface area contributed by atoms with Crippen LogP contribution in [-0.4, -0.2) is 28.4 Å². The fraction of sp³-hybridized carbons (Fsp3) is 0.583. The Kier molecular flexibility index (Phi) is 5.97. The van der Waals surface area contributed by atoms with Crippen LogP contribution in [0.1, 0.15) is 36.2 Å². The van der Waals surface area contributed by atoms with Crippen molar-refractivity contribution in [1.82, 2.24) is 10.3 Å². The number of nitrogens with zero attached hydrogens (tertiary/aromatic N) is 1. The van der Waals surface area contributed by atoms with E-state index < -0.39 is 4.92 Å². The van der Waals surface area contributed by atoms with Gasteiger partial charge in [-0.1, -0.05) is 12.8 Å². The van der Waals surface area contributed by atoms with E-state index in [0.29, 0.717) is 12.5 Å². The molecule has 1 heterocycles. The van der Waals surface area contributed by atoms with E-state index in [1.807, 2.05) is 0 Å². The van der Waals surface area contributed by atoms with Gasteiger partial charge in [0.15, 0.2) is 5.69 Å². The Morgan fingerprint density at radius 1 is 1.45 bits per heavy atom. The van der Waals surface area contributed by atoms with Gasteiger partial charge >= 0.3 is 5.82 Å². The predicted molar refractivity (Wildman–Crippen MR) is 77.0 cm³/mol. The van der Waals surface area contributed by atoms with Gasteiger partial charge in [-0.2, -0.15) is 0 Å². The Labute approximate surface area is 122 Å². The molecule has 1 aliphatic rings. The first-order valence-electron chi connectivity index (χ1n) is 6.46. The number of aromatic nitrogens is 1. The summed E-state index contributed by atoms with van der Waals surface area (Å²) < 4.78 is 0. The minimum atomic E-state index is -0.555. The number of nitro groups is 1. The number of nitrogens with one attached hydrogen (secondary N) is 2. The lowest BCUT2D eigenvalue weighted by atomic mass is 9.84. The second-order valence-corrected chi connectivity index (χ2v) is 4.87. The average molecular weight is 303 g/mol. The zero-order chi connectivity index (χ0) is 13.8. The minimum absolute atomic E-state index is 0. The van der Waals surface area contributed by atoms with Gasteiger partial charge in [-0.25, -0.2) is 4.98 Å². The molecule has 1 aromatic heterocycles. The molecular formula is C12H19ClN4O3. The molecule has 1 aliphatic carbocycles. The molecule has 0 radical (unpaired) electrons. The van der Waals surface area contributed by atoms with Crippen molar-refractivity contribution in [3.63, 3.8) is 0 Å². The number of amides is 1. The highest BCUT2D eigenvalue weighted by molar-refractivity contribution is 5.93. The quantitative estimate of drug-likeness (QED) is 0.578. The van der Waals surface area contributed by atoms with E-state index in [-0.39, 0.29) is 35.9 Å². The molecule has 20 heavy (non-hydrogen) atoms. The van der Waals surface area contributed by atoms with E-state index in [1.54, 1.807) is 0 Å². The summed E-state index contributed by atoms with van der Waals surface area (Å²) in [6.07, 6.45) is 4.15. The lowest BCUT2D eigenvalue weighted by Gasteiger charge is -2.30. The highest BCUT2D eigenvalue weighted by atomic mass is 35.5. The normalized spacial score (nSPS) is 21.9. The Morgan fingerprint density at radius 2 is 2.15 bits per heavy atom. The van der Waals surface area contributed by atoms with Gasteiger partial charge in [-0.15, -0.1) is 12.4 Å². The third kappa shape index (κ3) is 3.71. The van der Waals surface area contributed by atoms with Gasteiger partial charge in [0.05, 0.1) is 0 Å². The lowest BCUT2D eigenvalue weighted by Crippen LogP contribution is -2.44. The molecule has 4 N–H and O–H groups in total. The van der Waals surface area contributed by atoms with E-state index in [0.717, 1.165) is 25.7 Å². The van der Waals surface area contributed by atoms with Crippen LogP contribution in [0.15, 0.2) is 12.1 Å². The largest absolute Gasteiger partial charge is 0.358 e. The Balaban J connectivity index is 0.00000200. The van der Waals surface area contributed by atoms with Crippen molar-refractivity contribution in [2.24, 2.45) is 11.7 Å². The maximum atomic E-state index is 12.0.